The monoisotopic (exact) mass is 464 g/mol. The molecule has 0 aliphatic carbocycles. The fourth-order valence-corrected chi connectivity index (χ4v) is 4.02. The molecule has 1 fully saturated rings. The zero-order valence-electron chi connectivity index (χ0n) is 19.5. The Morgan fingerprint density at radius 3 is 2.65 bits per heavy atom. The van der Waals surface area contributed by atoms with Crippen molar-refractivity contribution in [2.45, 2.75) is 25.5 Å². The van der Waals surface area contributed by atoms with Crippen LogP contribution in [0.1, 0.15) is 34.0 Å². The lowest BCUT2D eigenvalue weighted by Crippen LogP contribution is -2.55. The number of hydrogen-bond donors (Lipinski definition) is 1. The number of nitriles is 1. The lowest BCUT2D eigenvalue weighted by Gasteiger charge is -2.41. The van der Waals surface area contributed by atoms with Crippen LogP contribution >= 0.6 is 0 Å². The summed E-state index contributed by atoms with van der Waals surface area (Å²) in [6, 6.07) is 13.7. The van der Waals surface area contributed by atoms with E-state index in [2.05, 4.69) is 22.9 Å². The summed E-state index contributed by atoms with van der Waals surface area (Å²) in [6.07, 6.45) is 0.982. The van der Waals surface area contributed by atoms with Crippen molar-refractivity contribution >= 4 is 11.8 Å². The van der Waals surface area contributed by atoms with Crippen LogP contribution in [-0.4, -0.2) is 60.9 Å². The second kappa shape index (κ2) is 11.4. The molecule has 178 valence electrons. The quantitative estimate of drug-likeness (QED) is 0.607. The Labute approximate surface area is 199 Å². The van der Waals surface area contributed by atoms with Crippen LogP contribution in [0.2, 0.25) is 0 Å². The molecule has 0 radical (unpaired) electrons. The second-order valence-electron chi connectivity index (χ2n) is 8.23. The number of piperazine rings is 1. The predicted octanol–water partition coefficient (Wildman–Crippen LogP) is 3.23. The fraction of sp³-hybridized carbons (Fsp3) is 0.346. The lowest BCUT2D eigenvalue weighted by molar-refractivity contribution is -0.130. The van der Waals surface area contributed by atoms with E-state index in [4.69, 9.17) is 4.74 Å². The molecule has 0 aromatic heterocycles. The number of aryl methyl sites for hydroxylation is 1. The van der Waals surface area contributed by atoms with Gasteiger partial charge in [0.05, 0.1) is 18.5 Å². The van der Waals surface area contributed by atoms with Crippen molar-refractivity contribution in [3.8, 4) is 11.8 Å². The molecular formula is C26H29FN4O3. The second-order valence-corrected chi connectivity index (χ2v) is 8.23. The van der Waals surface area contributed by atoms with Gasteiger partial charge in [-0.1, -0.05) is 18.7 Å². The summed E-state index contributed by atoms with van der Waals surface area (Å²) in [5, 5.41) is 11.8. The van der Waals surface area contributed by atoms with Gasteiger partial charge in [0, 0.05) is 38.8 Å². The number of ether oxygens (including phenoxy) is 1. The van der Waals surface area contributed by atoms with Crippen molar-refractivity contribution in [3.63, 3.8) is 0 Å². The number of hydrogen-bond acceptors (Lipinski definition) is 5. The van der Waals surface area contributed by atoms with Crippen LogP contribution in [0.5, 0.6) is 5.75 Å². The van der Waals surface area contributed by atoms with Crippen molar-refractivity contribution in [2.75, 3.05) is 33.2 Å². The molecule has 1 aliphatic rings. The van der Waals surface area contributed by atoms with Gasteiger partial charge < -0.3 is 15.0 Å². The third-order valence-corrected chi connectivity index (χ3v) is 5.97. The highest BCUT2D eigenvalue weighted by Gasteiger charge is 2.31. The smallest absolute Gasteiger partial charge is 0.251 e. The highest BCUT2D eigenvalue weighted by molar-refractivity contribution is 5.94. The first-order chi connectivity index (χ1) is 16.4. The molecule has 3 rings (SSSR count). The molecule has 34 heavy (non-hydrogen) atoms. The maximum Gasteiger partial charge on any atom is 0.251 e. The van der Waals surface area contributed by atoms with Crippen LogP contribution < -0.4 is 10.1 Å². The maximum absolute atomic E-state index is 14.4. The topological polar surface area (TPSA) is 85.7 Å². The van der Waals surface area contributed by atoms with E-state index in [0.29, 0.717) is 48.6 Å². The van der Waals surface area contributed by atoms with E-state index >= 15 is 0 Å². The third kappa shape index (κ3) is 6.00. The van der Waals surface area contributed by atoms with E-state index in [1.165, 1.54) is 12.1 Å². The molecule has 2 aromatic rings. The fourth-order valence-electron chi connectivity index (χ4n) is 4.02. The number of nitrogens with one attached hydrogen (secondary N) is 1. The van der Waals surface area contributed by atoms with Crippen LogP contribution in [0.25, 0.3) is 0 Å². The van der Waals surface area contributed by atoms with Crippen molar-refractivity contribution in [1.82, 2.24) is 15.1 Å². The highest BCUT2D eigenvalue weighted by Crippen LogP contribution is 2.26. The maximum atomic E-state index is 14.4. The molecule has 7 nitrogen and oxygen atoms in total. The summed E-state index contributed by atoms with van der Waals surface area (Å²) in [5.74, 6) is -0.152. The van der Waals surface area contributed by atoms with Gasteiger partial charge in [-0.2, -0.15) is 5.26 Å². The summed E-state index contributed by atoms with van der Waals surface area (Å²) >= 11 is 0. The first-order valence-corrected chi connectivity index (χ1v) is 11.1. The average Bonchev–Trinajstić information content (AvgIpc) is 2.85. The number of rotatable bonds is 8. The molecule has 0 spiro atoms. The summed E-state index contributed by atoms with van der Waals surface area (Å²) in [4.78, 5) is 27.8. The molecule has 0 unspecified atom stereocenters. The molecule has 1 N–H and O–H groups in total. The number of halogens is 1. The Morgan fingerprint density at radius 2 is 2.03 bits per heavy atom. The van der Waals surface area contributed by atoms with Gasteiger partial charge in [0.1, 0.15) is 17.7 Å². The minimum Gasteiger partial charge on any atom is -0.484 e. The Kier molecular flexibility index (Phi) is 8.39. The van der Waals surface area contributed by atoms with Gasteiger partial charge in [-0.3, -0.25) is 14.5 Å². The number of carbonyl (C=O) groups is 2. The zero-order chi connectivity index (χ0) is 24.7. The van der Waals surface area contributed by atoms with Gasteiger partial charge in [-0.05, 0) is 54.5 Å². The Hall–Kier alpha value is -3.70. The van der Waals surface area contributed by atoms with Crippen LogP contribution in [-0.2, 0) is 4.79 Å². The van der Waals surface area contributed by atoms with Gasteiger partial charge in [-0.25, -0.2) is 4.39 Å². The van der Waals surface area contributed by atoms with Gasteiger partial charge in [0.2, 0.25) is 5.91 Å². The van der Waals surface area contributed by atoms with E-state index in [0.717, 1.165) is 0 Å². The Balaban J connectivity index is 1.82. The van der Waals surface area contributed by atoms with E-state index < -0.39 is 6.10 Å². The standard InChI is InChI=1S/C26H29FN4O3/c1-4-25(32)31-14-13-30(16-21(31)11-12-28)17-24(20-6-5-18(2)23(27)15-20)34-22-9-7-19(8-10-22)26(33)29-3/h4-10,15,21,24H,1,11,13-14,16-17H2,2-3H3,(H,29,33)/t21-,24+/m0/s1. The number of amides is 2. The van der Waals surface area contributed by atoms with Crippen LogP contribution in [0.4, 0.5) is 4.39 Å². The van der Waals surface area contributed by atoms with Crippen LogP contribution in [0.3, 0.4) is 0 Å². The Bertz CT molecular complexity index is 1080. The number of benzene rings is 2. The Morgan fingerprint density at radius 1 is 1.29 bits per heavy atom. The molecule has 1 aliphatic heterocycles. The average molecular weight is 465 g/mol. The molecule has 0 saturated carbocycles. The summed E-state index contributed by atoms with van der Waals surface area (Å²) < 4.78 is 20.6. The molecule has 2 aromatic carbocycles. The predicted molar refractivity (Wildman–Crippen MR) is 127 cm³/mol. The van der Waals surface area contributed by atoms with Crippen molar-refractivity contribution in [1.29, 1.82) is 5.26 Å². The van der Waals surface area contributed by atoms with E-state index in [1.807, 2.05) is 6.07 Å². The van der Waals surface area contributed by atoms with Crippen molar-refractivity contribution < 1.29 is 18.7 Å². The normalized spacial score (nSPS) is 16.9. The summed E-state index contributed by atoms with van der Waals surface area (Å²) in [5.41, 5.74) is 1.73. The molecular weight excluding hydrogens is 435 g/mol. The van der Waals surface area contributed by atoms with E-state index in [1.54, 1.807) is 49.2 Å². The molecule has 0 bridgehead atoms. The SMILES string of the molecule is C=CC(=O)N1CCN(C[C@@H](Oc2ccc(C(=O)NC)cc2)c2ccc(C)c(F)c2)C[C@@H]1CC#N. The van der Waals surface area contributed by atoms with Gasteiger partial charge in [0.15, 0.2) is 0 Å². The van der Waals surface area contributed by atoms with Gasteiger partial charge in [0.25, 0.3) is 5.91 Å². The summed E-state index contributed by atoms with van der Waals surface area (Å²) in [7, 11) is 1.57. The van der Waals surface area contributed by atoms with Crippen molar-refractivity contribution in [2.24, 2.45) is 0 Å². The first-order valence-electron chi connectivity index (χ1n) is 11.1. The van der Waals surface area contributed by atoms with Gasteiger partial charge >= 0.3 is 0 Å². The van der Waals surface area contributed by atoms with Crippen LogP contribution in [0.15, 0.2) is 55.1 Å². The minimum absolute atomic E-state index is 0.190. The minimum atomic E-state index is -0.495. The molecule has 1 heterocycles. The highest BCUT2D eigenvalue weighted by atomic mass is 19.1. The number of nitrogens with zero attached hydrogens (tertiary/aromatic N) is 3. The number of carbonyl (C=O) groups excluding carboxylic acids is 2. The lowest BCUT2D eigenvalue weighted by atomic mass is 10.0. The molecule has 1 saturated heterocycles. The third-order valence-electron chi connectivity index (χ3n) is 5.97. The first kappa shape index (κ1) is 24.9. The molecule has 2 amide bonds. The van der Waals surface area contributed by atoms with Crippen molar-refractivity contribution in [3.05, 3.63) is 77.6 Å². The molecule has 2 atom stereocenters. The van der Waals surface area contributed by atoms with Gasteiger partial charge in [-0.15, -0.1) is 0 Å². The largest absolute Gasteiger partial charge is 0.484 e. The summed E-state index contributed by atoms with van der Waals surface area (Å²) in [6.45, 7) is 7.25. The molecule has 8 heteroatoms. The van der Waals surface area contributed by atoms with E-state index in [9.17, 15) is 19.2 Å². The van der Waals surface area contributed by atoms with Crippen LogP contribution in [0, 0.1) is 24.1 Å². The zero-order valence-corrected chi connectivity index (χ0v) is 19.5. The van der Waals surface area contributed by atoms with E-state index in [-0.39, 0.29) is 30.1 Å².